The number of alkyl halides is 2. The molecule has 1 aromatic carbocycles. The summed E-state index contributed by atoms with van der Waals surface area (Å²) in [5.74, 6) is 0.495. The molecule has 0 spiro atoms. The van der Waals surface area contributed by atoms with Crippen molar-refractivity contribution in [3.05, 3.63) is 59.8 Å². The Morgan fingerprint density at radius 1 is 1.22 bits per heavy atom. The standard InChI is InChI=1S/C16H15N5O.C6H8F2N2/c17-16-15-14(18-8-19-16)12-2-1-3-13(12)21(15)11-6-4-10(5-7-11)20-9-22;1-2-5-3-9-10(4-5)6(7)8/h4-9H,1-3H2,(H,20,22)(H2,17,18,19);3-4,6H,2H2,1H3. The van der Waals surface area contributed by atoms with E-state index in [-0.39, 0.29) is 0 Å². The number of anilines is 2. The average Bonchev–Trinajstić information content (AvgIpc) is 3.52. The smallest absolute Gasteiger partial charge is 0.333 e. The highest BCUT2D eigenvalue weighted by Crippen LogP contribution is 2.36. The molecule has 1 amide bonds. The van der Waals surface area contributed by atoms with Crippen molar-refractivity contribution in [1.82, 2.24) is 24.3 Å². The topological polar surface area (TPSA) is 104 Å². The number of nitrogen functional groups attached to an aromatic ring is 1. The van der Waals surface area contributed by atoms with E-state index in [0.29, 0.717) is 16.9 Å². The molecule has 0 radical (unpaired) electrons. The summed E-state index contributed by atoms with van der Waals surface area (Å²) < 4.78 is 26.4. The van der Waals surface area contributed by atoms with E-state index in [4.69, 9.17) is 5.73 Å². The van der Waals surface area contributed by atoms with Crippen molar-refractivity contribution in [2.24, 2.45) is 0 Å². The van der Waals surface area contributed by atoms with Crippen molar-refractivity contribution in [3.63, 3.8) is 0 Å². The predicted molar refractivity (Wildman–Crippen MR) is 118 cm³/mol. The zero-order valence-corrected chi connectivity index (χ0v) is 17.5. The molecule has 10 heteroatoms. The summed E-state index contributed by atoms with van der Waals surface area (Å²) in [5, 5.41) is 6.09. The summed E-state index contributed by atoms with van der Waals surface area (Å²) in [6, 6.07) is 7.68. The number of rotatable bonds is 5. The molecular formula is C22H23F2N7O. The average molecular weight is 439 g/mol. The molecule has 1 aliphatic rings. The van der Waals surface area contributed by atoms with Crippen molar-refractivity contribution < 1.29 is 13.6 Å². The van der Waals surface area contributed by atoms with Gasteiger partial charge in [-0.1, -0.05) is 6.92 Å². The number of benzene rings is 1. The minimum Gasteiger partial charge on any atom is -0.382 e. The maximum atomic E-state index is 11.8. The van der Waals surface area contributed by atoms with Crippen LogP contribution in [0.1, 0.15) is 36.7 Å². The minimum atomic E-state index is -2.51. The van der Waals surface area contributed by atoms with E-state index < -0.39 is 6.55 Å². The Balaban J connectivity index is 0.000000207. The van der Waals surface area contributed by atoms with Gasteiger partial charge in [0.1, 0.15) is 11.8 Å². The summed E-state index contributed by atoms with van der Waals surface area (Å²) in [6.45, 7) is -0.618. The van der Waals surface area contributed by atoms with E-state index in [2.05, 4.69) is 25.0 Å². The molecule has 0 unspecified atom stereocenters. The van der Waals surface area contributed by atoms with Gasteiger partial charge in [-0.3, -0.25) is 4.79 Å². The number of carbonyl (C=O) groups is 1. The molecule has 4 aromatic rings. The van der Waals surface area contributed by atoms with Gasteiger partial charge in [-0.2, -0.15) is 13.9 Å². The molecule has 3 N–H and O–H groups in total. The van der Waals surface area contributed by atoms with Gasteiger partial charge < -0.3 is 15.6 Å². The minimum absolute atomic E-state index is 0.495. The number of aryl methyl sites for hydroxylation is 2. The van der Waals surface area contributed by atoms with E-state index >= 15 is 0 Å². The summed E-state index contributed by atoms with van der Waals surface area (Å²) in [4.78, 5) is 19.1. The van der Waals surface area contributed by atoms with E-state index in [1.54, 1.807) is 0 Å². The lowest BCUT2D eigenvalue weighted by atomic mass is 10.2. The van der Waals surface area contributed by atoms with Gasteiger partial charge in [0.05, 0.1) is 11.7 Å². The van der Waals surface area contributed by atoms with Gasteiger partial charge in [-0.05, 0) is 61.1 Å². The molecule has 3 aromatic heterocycles. The quantitative estimate of drug-likeness (QED) is 0.459. The number of nitrogens with zero attached hydrogens (tertiary/aromatic N) is 5. The van der Waals surface area contributed by atoms with E-state index in [1.165, 1.54) is 30.0 Å². The second kappa shape index (κ2) is 9.13. The monoisotopic (exact) mass is 439 g/mol. The van der Waals surface area contributed by atoms with Crippen molar-refractivity contribution in [2.45, 2.75) is 39.2 Å². The first-order valence-corrected chi connectivity index (χ1v) is 10.3. The largest absolute Gasteiger partial charge is 0.382 e. The van der Waals surface area contributed by atoms with Crippen molar-refractivity contribution in [2.75, 3.05) is 11.1 Å². The second-order valence-electron chi connectivity index (χ2n) is 7.34. The summed E-state index contributed by atoms with van der Waals surface area (Å²) in [7, 11) is 0. The summed E-state index contributed by atoms with van der Waals surface area (Å²) >= 11 is 0. The zero-order valence-electron chi connectivity index (χ0n) is 17.5. The van der Waals surface area contributed by atoms with E-state index in [9.17, 15) is 13.6 Å². The number of carbonyl (C=O) groups excluding carboxylic acids is 1. The lowest BCUT2D eigenvalue weighted by molar-refractivity contribution is -0.105. The van der Waals surface area contributed by atoms with Gasteiger partial charge in [0.15, 0.2) is 5.82 Å². The number of nitrogens with one attached hydrogen (secondary N) is 1. The van der Waals surface area contributed by atoms with Crippen LogP contribution in [0, 0.1) is 0 Å². The lowest BCUT2D eigenvalue weighted by Gasteiger charge is -2.11. The third-order valence-electron chi connectivity index (χ3n) is 5.43. The molecule has 166 valence electrons. The van der Waals surface area contributed by atoms with Crippen LogP contribution in [0.2, 0.25) is 0 Å². The summed E-state index contributed by atoms with van der Waals surface area (Å²) in [6.07, 6.45) is 8.92. The Morgan fingerprint density at radius 3 is 2.62 bits per heavy atom. The van der Waals surface area contributed by atoms with Crippen LogP contribution in [0.15, 0.2) is 43.0 Å². The molecule has 0 saturated carbocycles. The van der Waals surface area contributed by atoms with Crippen LogP contribution in [-0.2, 0) is 24.1 Å². The van der Waals surface area contributed by atoms with Crippen LogP contribution < -0.4 is 11.1 Å². The van der Waals surface area contributed by atoms with E-state index in [1.807, 2.05) is 31.2 Å². The van der Waals surface area contributed by atoms with Crippen LogP contribution in [-0.4, -0.2) is 30.7 Å². The molecule has 0 bridgehead atoms. The number of fused-ring (bicyclic) bond motifs is 3. The molecule has 32 heavy (non-hydrogen) atoms. The van der Waals surface area contributed by atoms with Gasteiger partial charge >= 0.3 is 6.55 Å². The molecule has 8 nitrogen and oxygen atoms in total. The fourth-order valence-electron chi connectivity index (χ4n) is 3.92. The van der Waals surface area contributed by atoms with Gasteiger partial charge in [0, 0.05) is 23.3 Å². The van der Waals surface area contributed by atoms with Crippen molar-refractivity contribution in [1.29, 1.82) is 0 Å². The Bertz CT molecular complexity index is 1230. The highest BCUT2D eigenvalue weighted by atomic mass is 19.3. The van der Waals surface area contributed by atoms with Gasteiger partial charge in [-0.25, -0.2) is 14.6 Å². The highest BCUT2D eigenvalue weighted by Gasteiger charge is 2.24. The van der Waals surface area contributed by atoms with Crippen molar-refractivity contribution in [3.8, 4) is 5.69 Å². The highest BCUT2D eigenvalue weighted by molar-refractivity contribution is 5.91. The molecular weight excluding hydrogens is 416 g/mol. The Hall–Kier alpha value is -3.82. The Morgan fingerprint density at radius 2 is 2.00 bits per heavy atom. The van der Waals surface area contributed by atoms with Crippen LogP contribution in [0.3, 0.4) is 0 Å². The first kappa shape index (κ1) is 21.4. The number of nitrogens with two attached hydrogens (primary N) is 1. The third-order valence-corrected chi connectivity index (χ3v) is 5.43. The normalized spacial score (nSPS) is 12.5. The Kier molecular flexibility index (Phi) is 6.11. The van der Waals surface area contributed by atoms with Gasteiger partial charge in [0.25, 0.3) is 0 Å². The SMILES string of the molecule is CCc1cnn(C(F)F)c1.Nc1ncnc2c3c(n(-c4ccc(NC=O)cc4)c12)CCC3. The maximum absolute atomic E-state index is 11.8. The molecule has 0 atom stereocenters. The number of amides is 1. The van der Waals surface area contributed by atoms with E-state index in [0.717, 1.165) is 53.7 Å². The lowest BCUT2D eigenvalue weighted by Crippen LogP contribution is -2.03. The summed E-state index contributed by atoms with van der Waals surface area (Å²) in [5.41, 5.74) is 13.1. The predicted octanol–water partition coefficient (Wildman–Crippen LogP) is 3.90. The van der Waals surface area contributed by atoms with Crippen LogP contribution in [0.5, 0.6) is 0 Å². The number of aromatic nitrogens is 5. The Labute approximate surface area is 183 Å². The molecule has 1 aliphatic carbocycles. The van der Waals surface area contributed by atoms with Crippen LogP contribution in [0.25, 0.3) is 16.7 Å². The third kappa shape index (κ3) is 4.03. The first-order valence-electron chi connectivity index (χ1n) is 10.3. The second-order valence-corrected chi connectivity index (χ2v) is 7.34. The molecule has 5 rings (SSSR count). The zero-order chi connectivity index (χ0) is 22.7. The fourth-order valence-corrected chi connectivity index (χ4v) is 3.92. The van der Waals surface area contributed by atoms with Gasteiger partial charge in [-0.15, -0.1) is 0 Å². The van der Waals surface area contributed by atoms with Gasteiger partial charge in [0.2, 0.25) is 6.41 Å². The number of hydrogen-bond acceptors (Lipinski definition) is 5. The van der Waals surface area contributed by atoms with Crippen LogP contribution in [0.4, 0.5) is 20.3 Å². The van der Waals surface area contributed by atoms with Crippen molar-refractivity contribution >= 4 is 28.9 Å². The molecule has 0 saturated heterocycles. The molecule has 0 aliphatic heterocycles. The fraction of sp³-hybridized carbons (Fsp3) is 0.273. The number of hydrogen-bond donors (Lipinski definition) is 2. The van der Waals surface area contributed by atoms with Crippen LogP contribution >= 0.6 is 0 Å². The first-order chi connectivity index (χ1) is 15.5. The number of halogens is 2. The molecule has 3 heterocycles. The molecule has 0 fully saturated rings. The maximum Gasteiger partial charge on any atom is 0.333 e.